The third-order valence-corrected chi connectivity index (χ3v) is 3.43. The van der Waals surface area contributed by atoms with Crippen LogP contribution in [-0.2, 0) is 11.3 Å². The van der Waals surface area contributed by atoms with Crippen LogP contribution in [0.4, 0.5) is 5.69 Å². The van der Waals surface area contributed by atoms with E-state index < -0.39 is 11.7 Å². The average molecular weight is 298 g/mol. The number of carbonyl (C=O) groups is 1. The van der Waals surface area contributed by atoms with Crippen molar-refractivity contribution in [3.63, 3.8) is 0 Å². The van der Waals surface area contributed by atoms with Gasteiger partial charge in [0.1, 0.15) is 5.52 Å². The summed E-state index contributed by atoms with van der Waals surface area (Å²) in [4.78, 5) is 23.4. The van der Waals surface area contributed by atoms with Crippen molar-refractivity contribution < 1.29 is 13.9 Å². The number of carbonyl (C=O) groups excluding carboxylic acids is 1. The van der Waals surface area contributed by atoms with Crippen LogP contribution < -0.4 is 11.5 Å². The highest BCUT2D eigenvalue weighted by atomic mass is 16.5. The molecule has 22 heavy (non-hydrogen) atoms. The third kappa shape index (κ3) is 2.35. The molecule has 0 fully saturated rings. The Balaban J connectivity index is 1.98. The molecule has 3 aromatic rings. The summed E-state index contributed by atoms with van der Waals surface area (Å²) in [6, 6.07) is 12.0. The molecule has 3 rings (SSSR count). The summed E-state index contributed by atoms with van der Waals surface area (Å²) in [7, 11) is 1.33. The Morgan fingerprint density at radius 1 is 1.23 bits per heavy atom. The molecular formula is C16H14N2O4. The number of hydrogen-bond acceptors (Lipinski definition) is 5. The number of benzene rings is 2. The lowest BCUT2D eigenvalue weighted by atomic mass is 10.1. The predicted octanol–water partition coefficient (Wildman–Crippen LogP) is 2.01. The topological polar surface area (TPSA) is 87.5 Å². The Kier molecular flexibility index (Phi) is 3.42. The van der Waals surface area contributed by atoms with E-state index in [-0.39, 0.29) is 0 Å². The van der Waals surface area contributed by atoms with Crippen molar-refractivity contribution in [2.24, 2.45) is 0 Å². The van der Waals surface area contributed by atoms with Crippen LogP contribution in [0.1, 0.15) is 15.9 Å². The van der Waals surface area contributed by atoms with Crippen LogP contribution in [0.3, 0.4) is 0 Å². The lowest BCUT2D eigenvalue weighted by molar-refractivity contribution is 0.0600. The number of hydrogen-bond donors (Lipinski definition) is 1. The highest BCUT2D eigenvalue weighted by molar-refractivity contribution is 5.89. The fraction of sp³-hybridized carbons (Fsp3) is 0.125. The van der Waals surface area contributed by atoms with Gasteiger partial charge in [-0.1, -0.05) is 18.2 Å². The summed E-state index contributed by atoms with van der Waals surface area (Å²) in [5.41, 5.74) is 8.74. The van der Waals surface area contributed by atoms with Gasteiger partial charge in [-0.25, -0.2) is 9.59 Å². The number of rotatable bonds is 3. The fourth-order valence-electron chi connectivity index (χ4n) is 2.34. The first-order valence-corrected chi connectivity index (χ1v) is 6.65. The van der Waals surface area contributed by atoms with Gasteiger partial charge in [0, 0.05) is 0 Å². The van der Waals surface area contributed by atoms with Crippen molar-refractivity contribution in [1.82, 2.24) is 4.57 Å². The number of ether oxygens (including phenoxy) is 1. The molecule has 0 aliphatic rings. The molecule has 0 saturated carbocycles. The number of fused-ring (bicyclic) bond motifs is 1. The van der Waals surface area contributed by atoms with Crippen LogP contribution in [0.5, 0.6) is 0 Å². The van der Waals surface area contributed by atoms with Crippen LogP contribution in [0.2, 0.25) is 0 Å². The highest BCUT2D eigenvalue weighted by Crippen LogP contribution is 2.20. The second-order valence-electron chi connectivity index (χ2n) is 4.84. The van der Waals surface area contributed by atoms with E-state index in [1.165, 1.54) is 11.7 Å². The molecule has 0 unspecified atom stereocenters. The van der Waals surface area contributed by atoms with E-state index >= 15 is 0 Å². The van der Waals surface area contributed by atoms with Gasteiger partial charge < -0.3 is 14.9 Å². The second kappa shape index (κ2) is 5.40. The van der Waals surface area contributed by atoms with Crippen molar-refractivity contribution in [2.75, 3.05) is 12.8 Å². The zero-order valence-electron chi connectivity index (χ0n) is 11.9. The summed E-state index contributed by atoms with van der Waals surface area (Å²) >= 11 is 0. The molecule has 0 spiro atoms. The van der Waals surface area contributed by atoms with Crippen LogP contribution >= 0.6 is 0 Å². The van der Waals surface area contributed by atoms with Gasteiger partial charge in [0.15, 0.2) is 5.58 Å². The Bertz CT molecular complexity index is 891. The Morgan fingerprint density at radius 3 is 2.64 bits per heavy atom. The van der Waals surface area contributed by atoms with Crippen molar-refractivity contribution >= 4 is 22.8 Å². The molecule has 1 aromatic heterocycles. The van der Waals surface area contributed by atoms with Gasteiger partial charge in [-0.2, -0.15) is 0 Å². The maximum atomic E-state index is 12.0. The Morgan fingerprint density at radius 2 is 1.95 bits per heavy atom. The molecule has 1 heterocycles. The molecule has 112 valence electrons. The number of esters is 1. The van der Waals surface area contributed by atoms with Crippen molar-refractivity contribution in [1.29, 1.82) is 0 Å². The average Bonchev–Trinajstić information content (AvgIpc) is 2.84. The quantitative estimate of drug-likeness (QED) is 0.590. The van der Waals surface area contributed by atoms with E-state index in [0.717, 1.165) is 5.56 Å². The fourth-order valence-corrected chi connectivity index (χ4v) is 2.34. The molecule has 0 atom stereocenters. The van der Waals surface area contributed by atoms with Gasteiger partial charge in [0.2, 0.25) is 0 Å². The van der Waals surface area contributed by atoms with Crippen molar-refractivity contribution in [3.8, 4) is 0 Å². The molecule has 2 N–H and O–H groups in total. The van der Waals surface area contributed by atoms with Crippen LogP contribution in [-0.4, -0.2) is 17.6 Å². The number of aromatic nitrogens is 1. The second-order valence-corrected chi connectivity index (χ2v) is 4.84. The van der Waals surface area contributed by atoms with E-state index in [2.05, 4.69) is 4.74 Å². The first-order chi connectivity index (χ1) is 10.6. The molecule has 0 amide bonds. The van der Waals surface area contributed by atoms with Crippen LogP contribution in [0.15, 0.2) is 51.7 Å². The van der Waals surface area contributed by atoms with Gasteiger partial charge in [-0.15, -0.1) is 0 Å². The number of methoxy groups -OCH3 is 1. The zero-order valence-corrected chi connectivity index (χ0v) is 11.9. The van der Waals surface area contributed by atoms with E-state index in [1.807, 2.05) is 0 Å². The maximum Gasteiger partial charge on any atom is 0.420 e. The normalized spacial score (nSPS) is 10.8. The van der Waals surface area contributed by atoms with Gasteiger partial charge >= 0.3 is 11.7 Å². The lowest BCUT2D eigenvalue weighted by Crippen LogP contribution is -2.15. The number of oxazole rings is 1. The van der Waals surface area contributed by atoms with E-state index in [1.54, 1.807) is 42.5 Å². The van der Waals surface area contributed by atoms with Gasteiger partial charge in [0.25, 0.3) is 0 Å². The monoisotopic (exact) mass is 298 g/mol. The predicted molar refractivity (Wildman–Crippen MR) is 81.8 cm³/mol. The summed E-state index contributed by atoms with van der Waals surface area (Å²) in [5.74, 6) is -0.869. The van der Waals surface area contributed by atoms with Gasteiger partial charge in [-0.05, 0) is 29.8 Å². The molecule has 0 saturated heterocycles. The van der Waals surface area contributed by atoms with Gasteiger partial charge in [-0.3, -0.25) is 4.57 Å². The first kappa shape index (κ1) is 13.9. The molecule has 2 aromatic carbocycles. The highest BCUT2D eigenvalue weighted by Gasteiger charge is 2.12. The minimum absolute atomic E-state index is 0.307. The van der Waals surface area contributed by atoms with Crippen LogP contribution in [0, 0.1) is 0 Å². The number of nitrogens with zero attached hydrogens (tertiary/aromatic N) is 1. The largest absolute Gasteiger partial charge is 0.465 e. The Hall–Kier alpha value is -3.02. The zero-order chi connectivity index (χ0) is 15.7. The van der Waals surface area contributed by atoms with E-state index in [9.17, 15) is 9.59 Å². The smallest absolute Gasteiger partial charge is 0.420 e. The van der Waals surface area contributed by atoms with E-state index in [4.69, 9.17) is 10.2 Å². The van der Waals surface area contributed by atoms with Gasteiger partial charge in [0.05, 0.1) is 24.9 Å². The molecule has 0 radical (unpaired) electrons. The number of nitrogens with two attached hydrogens (primary N) is 1. The summed E-state index contributed by atoms with van der Waals surface area (Å²) in [6.07, 6.45) is 0. The number of para-hydroxylation sites is 1. The van der Waals surface area contributed by atoms with Crippen LogP contribution in [0.25, 0.3) is 11.1 Å². The molecular weight excluding hydrogens is 284 g/mol. The SMILES string of the molecule is COC(=O)c1ccc(Cn2c(=O)oc3cccc(N)c32)cc1. The minimum Gasteiger partial charge on any atom is -0.465 e. The molecule has 6 nitrogen and oxygen atoms in total. The number of anilines is 1. The number of nitrogen functional groups attached to an aromatic ring is 1. The summed E-state index contributed by atoms with van der Waals surface area (Å²) < 4.78 is 11.3. The third-order valence-electron chi connectivity index (χ3n) is 3.43. The molecule has 0 aliphatic carbocycles. The Labute approximate surface area is 125 Å². The molecule has 0 bridgehead atoms. The maximum absolute atomic E-state index is 12.0. The van der Waals surface area contributed by atoms with Crippen molar-refractivity contribution in [3.05, 3.63) is 64.1 Å². The molecule has 0 aliphatic heterocycles. The summed E-state index contributed by atoms with van der Waals surface area (Å²) in [5, 5.41) is 0. The van der Waals surface area contributed by atoms with Crippen molar-refractivity contribution in [2.45, 2.75) is 6.54 Å². The standard InChI is InChI=1S/C16H14N2O4/c1-21-15(19)11-7-5-10(6-8-11)9-18-14-12(17)3-2-4-13(14)22-16(18)20/h2-8H,9,17H2,1H3. The molecule has 6 heteroatoms. The minimum atomic E-state index is -0.468. The summed E-state index contributed by atoms with van der Waals surface area (Å²) in [6.45, 7) is 0.307. The lowest BCUT2D eigenvalue weighted by Gasteiger charge is -2.05. The first-order valence-electron chi connectivity index (χ1n) is 6.65. The van der Waals surface area contributed by atoms with E-state index in [0.29, 0.717) is 28.9 Å².